The van der Waals surface area contributed by atoms with E-state index in [4.69, 9.17) is 4.74 Å². The van der Waals surface area contributed by atoms with Crippen LogP contribution in [-0.2, 0) is 16.6 Å². The van der Waals surface area contributed by atoms with Gasteiger partial charge < -0.3 is 9.64 Å². The standard InChI is InChI=1S/C19H25NO2.BrH/c1-13(21)20-10-9-19-8-4-3-5-16(19)18(20)11-14-6-7-15(22-2)12-17(14)19;/h6-7,12,16,18H,3-5,8-11H2,1-2H3;1H/t16-,18-,19+;/m0./s1. The molecule has 0 unspecified atom stereocenters. The molecule has 3 nitrogen and oxygen atoms in total. The fraction of sp³-hybridized carbons (Fsp3) is 0.632. The molecule has 1 heterocycles. The van der Waals surface area contributed by atoms with Crippen molar-refractivity contribution >= 4 is 22.9 Å². The molecule has 4 heteroatoms. The molecule has 4 rings (SSSR count). The van der Waals surface area contributed by atoms with Crippen LogP contribution in [0.15, 0.2) is 18.2 Å². The largest absolute Gasteiger partial charge is 0.497 e. The van der Waals surface area contributed by atoms with E-state index in [0.717, 1.165) is 25.1 Å². The van der Waals surface area contributed by atoms with E-state index >= 15 is 0 Å². The van der Waals surface area contributed by atoms with Crippen LogP contribution in [0.1, 0.15) is 50.2 Å². The summed E-state index contributed by atoms with van der Waals surface area (Å²) in [6.45, 7) is 2.66. The Hall–Kier alpha value is -1.03. The molecule has 3 aliphatic rings. The predicted molar refractivity (Wildman–Crippen MR) is 96.4 cm³/mol. The number of nitrogens with zero attached hydrogens (tertiary/aromatic N) is 1. The summed E-state index contributed by atoms with van der Waals surface area (Å²) in [5.74, 6) is 1.87. The SMILES string of the molecule is Br.COc1ccc2c(c1)[C@@]13CCCC[C@H]1[C@H](C2)N(C(C)=O)CC3. The van der Waals surface area contributed by atoms with E-state index in [1.54, 1.807) is 14.0 Å². The van der Waals surface area contributed by atoms with E-state index in [2.05, 4.69) is 23.1 Å². The Balaban J connectivity index is 0.00000156. The lowest BCUT2D eigenvalue weighted by Crippen LogP contribution is -2.61. The highest BCUT2D eigenvalue weighted by Gasteiger charge is 2.54. The maximum Gasteiger partial charge on any atom is 0.219 e. The number of carbonyl (C=O) groups is 1. The van der Waals surface area contributed by atoms with E-state index in [1.165, 1.54) is 36.8 Å². The van der Waals surface area contributed by atoms with Gasteiger partial charge >= 0.3 is 0 Å². The first-order chi connectivity index (χ1) is 10.7. The molecule has 126 valence electrons. The third-order valence-electron chi connectivity index (χ3n) is 6.45. The number of carbonyl (C=O) groups excluding carboxylic acids is 1. The van der Waals surface area contributed by atoms with Gasteiger partial charge in [0.2, 0.25) is 5.91 Å². The third kappa shape index (κ3) is 2.41. The van der Waals surface area contributed by atoms with Crippen molar-refractivity contribution in [1.82, 2.24) is 4.90 Å². The maximum absolute atomic E-state index is 12.1. The van der Waals surface area contributed by atoms with E-state index < -0.39 is 0 Å². The monoisotopic (exact) mass is 379 g/mol. The van der Waals surface area contributed by atoms with Crippen molar-refractivity contribution in [2.45, 2.75) is 56.9 Å². The molecule has 1 amide bonds. The number of fused-ring (bicyclic) bond motifs is 1. The van der Waals surface area contributed by atoms with Crippen LogP contribution in [0.25, 0.3) is 0 Å². The summed E-state index contributed by atoms with van der Waals surface area (Å²) in [5.41, 5.74) is 3.25. The van der Waals surface area contributed by atoms with E-state index in [9.17, 15) is 4.79 Å². The average molecular weight is 380 g/mol. The lowest BCUT2D eigenvalue weighted by molar-refractivity contribution is -0.138. The zero-order chi connectivity index (χ0) is 15.3. The lowest BCUT2D eigenvalue weighted by Gasteiger charge is -2.59. The lowest BCUT2D eigenvalue weighted by atomic mass is 9.52. The average Bonchev–Trinajstić information content (AvgIpc) is 2.54. The number of hydrogen-bond donors (Lipinski definition) is 0. The van der Waals surface area contributed by atoms with Crippen LogP contribution in [0.4, 0.5) is 0 Å². The van der Waals surface area contributed by atoms with Crippen LogP contribution in [0.2, 0.25) is 0 Å². The minimum absolute atomic E-state index is 0. The Morgan fingerprint density at radius 1 is 1.30 bits per heavy atom. The number of likely N-dealkylation sites (tertiary alicyclic amines) is 1. The minimum atomic E-state index is 0. The molecule has 2 fully saturated rings. The van der Waals surface area contributed by atoms with Gasteiger partial charge in [-0.15, -0.1) is 17.0 Å². The highest BCUT2D eigenvalue weighted by molar-refractivity contribution is 8.93. The summed E-state index contributed by atoms with van der Waals surface area (Å²) in [5, 5.41) is 0. The summed E-state index contributed by atoms with van der Waals surface area (Å²) in [6.07, 6.45) is 7.32. The summed E-state index contributed by atoms with van der Waals surface area (Å²) in [4.78, 5) is 14.2. The fourth-order valence-electron chi connectivity index (χ4n) is 5.50. The molecule has 0 spiro atoms. The van der Waals surface area contributed by atoms with Crippen molar-refractivity contribution in [2.24, 2.45) is 5.92 Å². The van der Waals surface area contributed by atoms with Crippen LogP contribution >= 0.6 is 17.0 Å². The van der Waals surface area contributed by atoms with Crippen LogP contribution in [0.5, 0.6) is 5.75 Å². The van der Waals surface area contributed by atoms with Crippen molar-refractivity contribution in [2.75, 3.05) is 13.7 Å². The Morgan fingerprint density at radius 2 is 2.13 bits per heavy atom. The molecule has 0 radical (unpaired) electrons. The van der Waals surface area contributed by atoms with Crippen molar-refractivity contribution in [3.05, 3.63) is 29.3 Å². The first-order valence-corrected chi connectivity index (χ1v) is 8.60. The van der Waals surface area contributed by atoms with Gasteiger partial charge in [-0.2, -0.15) is 0 Å². The van der Waals surface area contributed by atoms with Crippen LogP contribution in [0, 0.1) is 5.92 Å². The van der Waals surface area contributed by atoms with Gasteiger partial charge in [0, 0.05) is 24.9 Å². The second-order valence-electron chi connectivity index (χ2n) is 7.27. The van der Waals surface area contributed by atoms with Gasteiger partial charge in [0.1, 0.15) is 5.75 Å². The molecule has 1 aliphatic heterocycles. The van der Waals surface area contributed by atoms with Crippen molar-refractivity contribution in [3.63, 3.8) is 0 Å². The number of rotatable bonds is 1. The summed E-state index contributed by atoms with van der Waals surface area (Å²) in [7, 11) is 1.75. The third-order valence-corrected chi connectivity index (χ3v) is 6.45. The van der Waals surface area contributed by atoms with Gasteiger partial charge in [0.05, 0.1) is 7.11 Å². The molecule has 1 aromatic carbocycles. The number of halogens is 1. The summed E-state index contributed by atoms with van der Waals surface area (Å²) >= 11 is 0. The predicted octanol–water partition coefficient (Wildman–Crippen LogP) is 3.88. The Kier molecular flexibility index (Phi) is 4.47. The first kappa shape index (κ1) is 16.8. The van der Waals surface area contributed by atoms with Gasteiger partial charge in [0.25, 0.3) is 0 Å². The van der Waals surface area contributed by atoms with Gasteiger partial charge in [-0.1, -0.05) is 18.9 Å². The highest BCUT2D eigenvalue weighted by Crippen LogP contribution is 2.56. The quantitative estimate of drug-likeness (QED) is 0.740. The van der Waals surface area contributed by atoms with Gasteiger partial charge in [-0.3, -0.25) is 4.79 Å². The van der Waals surface area contributed by atoms with Crippen LogP contribution in [-0.4, -0.2) is 30.5 Å². The molecule has 0 aromatic heterocycles. The molecule has 1 saturated carbocycles. The van der Waals surface area contributed by atoms with Crippen molar-refractivity contribution < 1.29 is 9.53 Å². The molecule has 2 aliphatic carbocycles. The van der Waals surface area contributed by atoms with Crippen LogP contribution < -0.4 is 4.74 Å². The molecule has 1 aromatic rings. The van der Waals surface area contributed by atoms with E-state index in [0.29, 0.717) is 12.0 Å². The van der Waals surface area contributed by atoms with Gasteiger partial charge in [-0.25, -0.2) is 0 Å². The van der Waals surface area contributed by atoms with Gasteiger partial charge in [0.15, 0.2) is 0 Å². The second-order valence-corrected chi connectivity index (χ2v) is 7.27. The molecule has 1 saturated heterocycles. The normalized spacial score (nSPS) is 31.5. The molecule has 23 heavy (non-hydrogen) atoms. The fourth-order valence-corrected chi connectivity index (χ4v) is 5.50. The number of benzene rings is 1. The summed E-state index contributed by atoms with van der Waals surface area (Å²) < 4.78 is 5.49. The number of amides is 1. The zero-order valence-corrected chi connectivity index (χ0v) is 15.7. The molecule has 3 atom stereocenters. The Labute approximate surface area is 149 Å². The van der Waals surface area contributed by atoms with E-state index in [1.807, 2.05) is 0 Å². The van der Waals surface area contributed by atoms with Crippen LogP contribution in [0.3, 0.4) is 0 Å². The Morgan fingerprint density at radius 3 is 2.87 bits per heavy atom. The topological polar surface area (TPSA) is 29.5 Å². The second kappa shape index (κ2) is 6.12. The molecular formula is C19H26BrNO2. The molecule has 0 N–H and O–H groups in total. The Bertz CT molecular complexity index is 617. The molecular weight excluding hydrogens is 354 g/mol. The summed E-state index contributed by atoms with van der Waals surface area (Å²) in [6, 6.07) is 7.00. The number of ether oxygens (including phenoxy) is 1. The number of piperidine rings is 1. The maximum atomic E-state index is 12.1. The van der Waals surface area contributed by atoms with Crippen molar-refractivity contribution in [1.29, 1.82) is 0 Å². The first-order valence-electron chi connectivity index (χ1n) is 8.60. The van der Waals surface area contributed by atoms with E-state index in [-0.39, 0.29) is 28.3 Å². The highest BCUT2D eigenvalue weighted by atomic mass is 79.9. The smallest absolute Gasteiger partial charge is 0.219 e. The minimum Gasteiger partial charge on any atom is -0.497 e. The number of hydrogen-bond acceptors (Lipinski definition) is 2. The van der Waals surface area contributed by atoms with Gasteiger partial charge in [-0.05, 0) is 54.9 Å². The molecule has 2 bridgehead atoms. The number of methoxy groups -OCH3 is 1. The zero-order valence-electron chi connectivity index (χ0n) is 14.0. The van der Waals surface area contributed by atoms with Crippen molar-refractivity contribution in [3.8, 4) is 5.75 Å².